The summed E-state index contributed by atoms with van der Waals surface area (Å²) in [5.41, 5.74) is 3.28. The number of hydrogen-bond donors (Lipinski definition) is 2. The van der Waals surface area contributed by atoms with Gasteiger partial charge in [-0.15, -0.1) is 0 Å². The Kier molecular flexibility index (Phi) is 5.35. The van der Waals surface area contributed by atoms with Crippen molar-refractivity contribution in [2.75, 3.05) is 0 Å². The molecule has 0 aromatic heterocycles. The molecule has 0 spiro atoms. The average Bonchev–Trinajstić information content (AvgIpc) is 2.67. The zero-order chi connectivity index (χ0) is 18.6. The van der Waals surface area contributed by atoms with Crippen LogP contribution in [0, 0.1) is 5.92 Å². The molecule has 2 aromatic carbocycles. The molecule has 2 aromatic rings. The van der Waals surface area contributed by atoms with E-state index in [0.29, 0.717) is 12.0 Å². The van der Waals surface area contributed by atoms with Crippen LogP contribution in [-0.4, -0.2) is 22.0 Å². The van der Waals surface area contributed by atoms with E-state index in [4.69, 9.17) is 4.74 Å². The molecule has 0 amide bonds. The first-order chi connectivity index (χ1) is 12.5. The molecule has 0 bridgehead atoms. The Morgan fingerprint density at radius 3 is 2.27 bits per heavy atom. The second-order valence-corrected chi connectivity index (χ2v) is 6.29. The number of ether oxygens (including phenoxy) is 1. The predicted molar refractivity (Wildman–Crippen MR) is 100 cm³/mol. The Morgan fingerprint density at radius 1 is 1.08 bits per heavy atom. The molecule has 2 atom stereocenters. The van der Waals surface area contributed by atoms with Gasteiger partial charge < -0.3 is 14.9 Å². The van der Waals surface area contributed by atoms with E-state index in [1.165, 1.54) is 6.08 Å². The number of hydrogen-bond acceptors (Lipinski definition) is 3. The van der Waals surface area contributed by atoms with E-state index < -0.39 is 17.7 Å². The van der Waals surface area contributed by atoms with E-state index in [9.17, 15) is 15.0 Å². The van der Waals surface area contributed by atoms with Crippen molar-refractivity contribution in [2.24, 2.45) is 5.92 Å². The minimum absolute atomic E-state index is 0.128. The van der Waals surface area contributed by atoms with E-state index in [-0.39, 0.29) is 6.61 Å². The van der Waals surface area contributed by atoms with Crippen LogP contribution in [0.15, 0.2) is 78.4 Å². The number of carbonyl (C=O) groups is 1. The summed E-state index contributed by atoms with van der Waals surface area (Å²) in [7, 11) is 0. The zero-order valence-corrected chi connectivity index (χ0v) is 14.6. The smallest absolute Gasteiger partial charge is 0.316 e. The Balaban J connectivity index is 1.95. The second kappa shape index (κ2) is 7.68. The number of aliphatic hydroxyl groups is 1. The maximum Gasteiger partial charge on any atom is 0.316 e. The molecule has 4 heteroatoms. The summed E-state index contributed by atoms with van der Waals surface area (Å²) < 4.78 is 5.70. The lowest BCUT2D eigenvalue weighted by atomic mass is 9.79. The van der Waals surface area contributed by atoms with E-state index in [2.05, 4.69) is 0 Å². The Morgan fingerprint density at radius 2 is 1.69 bits per heavy atom. The highest BCUT2D eigenvalue weighted by Crippen LogP contribution is 2.40. The maximum absolute atomic E-state index is 12.0. The summed E-state index contributed by atoms with van der Waals surface area (Å²) >= 11 is 0. The van der Waals surface area contributed by atoms with Gasteiger partial charge in [0.25, 0.3) is 0 Å². The third-order valence-corrected chi connectivity index (χ3v) is 4.62. The number of allylic oxidation sites excluding steroid dienone is 2. The van der Waals surface area contributed by atoms with Crippen molar-refractivity contribution in [3.05, 3.63) is 89.5 Å². The molecule has 0 radical (unpaired) electrons. The summed E-state index contributed by atoms with van der Waals surface area (Å²) in [5.74, 6) is -4.14. The van der Waals surface area contributed by atoms with Gasteiger partial charge in [0.1, 0.15) is 5.92 Å². The van der Waals surface area contributed by atoms with Crippen LogP contribution in [-0.2, 0) is 16.1 Å². The van der Waals surface area contributed by atoms with Crippen molar-refractivity contribution in [1.29, 1.82) is 0 Å². The topological polar surface area (TPSA) is 66.8 Å². The van der Waals surface area contributed by atoms with Crippen LogP contribution in [0.25, 0.3) is 5.57 Å². The first-order valence-corrected chi connectivity index (χ1v) is 8.66. The van der Waals surface area contributed by atoms with Gasteiger partial charge in [-0.05, 0) is 34.8 Å². The first-order valence-electron chi connectivity index (χ1n) is 8.66. The van der Waals surface area contributed by atoms with E-state index >= 15 is 0 Å². The van der Waals surface area contributed by atoms with Crippen LogP contribution in [0.1, 0.15) is 24.5 Å². The monoisotopic (exact) mass is 350 g/mol. The van der Waals surface area contributed by atoms with Crippen LogP contribution in [0.2, 0.25) is 0 Å². The van der Waals surface area contributed by atoms with Crippen LogP contribution >= 0.6 is 0 Å². The summed E-state index contributed by atoms with van der Waals surface area (Å²) in [5, 5.41) is 20.8. The molecular weight excluding hydrogens is 328 g/mol. The van der Waals surface area contributed by atoms with Crippen molar-refractivity contribution >= 4 is 11.5 Å². The molecule has 0 fully saturated rings. The largest absolute Gasteiger partial charge is 0.481 e. The van der Waals surface area contributed by atoms with Gasteiger partial charge >= 0.3 is 5.97 Å². The van der Waals surface area contributed by atoms with Crippen molar-refractivity contribution < 1.29 is 19.7 Å². The molecule has 1 aliphatic rings. The van der Waals surface area contributed by atoms with E-state index in [1.54, 1.807) is 6.08 Å². The lowest BCUT2D eigenvalue weighted by molar-refractivity contribution is -0.209. The molecule has 2 unspecified atom stereocenters. The fourth-order valence-corrected chi connectivity index (χ4v) is 3.34. The van der Waals surface area contributed by atoms with Gasteiger partial charge in [0, 0.05) is 0 Å². The fourth-order valence-electron chi connectivity index (χ4n) is 3.34. The summed E-state index contributed by atoms with van der Waals surface area (Å²) in [4.78, 5) is 12.0. The molecule has 0 aliphatic heterocycles. The molecule has 2 N–H and O–H groups in total. The van der Waals surface area contributed by atoms with Crippen molar-refractivity contribution in [1.82, 2.24) is 0 Å². The third-order valence-electron chi connectivity index (χ3n) is 4.62. The normalized spacial score (nSPS) is 22.5. The van der Waals surface area contributed by atoms with Gasteiger partial charge in [-0.2, -0.15) is 0 Å². The molecule has 0 saturated heterocycles. The van der Waals surface area contributed by atoms with E-state index in [1.807, 2.05) is 67.6 Å². The summed E-state index contributed by atoms with van der Waals surface area (Å²) in [6.07, 6.45) is 3.72. The first kappa shape index (κ1) is 18.1. The molecule has 0 saturated carbocycles. The number of carboxylic acids is 1. The van der Waals surface area contributed by atoms with Gasteiger partial charge in [0.05, 0.1) is 6.61 Å². The standard InChI is InChI=1S/C22H22O4/c1-2-18-19(17-11-7-4-8-12-17)13-14-22(25,20(18)21(23)24)26-15-16-9-5-3-6-10-16/h3-14,20,25H,2,15H2,1H3,(H,23,24). The summed E-state index contributed by atoms with van der Waals surface area (Å²) in [6.45, 7) is 2.02. The molecule has 4 nitrogen and oxygen atoms in total. The van der Waals surface area contributed by atoms with Crippen LogP contribution < -0.4 is 0 Å². The molecule has 0 heterocycles. The quantitative estimate of drug-likeness (QED) is 0.772. The number of carboxylic acid groups (broad SMARTS) is 1. The predicted octanol–water partition coefficient (Wildman–Crippen LogP) is 4.03. The maximum atomic E-state index is 12.0. The van der Waals surface area contributed by atoms with Crippen LogP contribution in [0.5, 0.6) is 0 Å². The highest BCUT2D eigenvalue weighted by molar-refractivity contribution is 5.86. The van der Waals surface area contributed by atoms with Gasteiger partial charge in [-0.1, -0.05) is 73.7 Å². The van der Waals surface area contributed by atoms with Crippen molar-refractivity contribution in [3.63, 3.8) is 0 Å². The van der Waals surface area contributed by atoms with Crippen LogP contribution in [0.3, 0.4) is 0 Å². The van der Waals surface area contributed by atoms with Gasteiger partial charge in [-0.25, -0.2) is 0 Å². The highest BCUT2D eigenvalue weighted by Gasteiger charge is 2.45. The lowest BCUT2D eigenvalue weighted by Gasteiger charge is -2.36. The highest BCUT2D eigenvalue weighted by atomic mass is 16.6. The number of benzene rings is 2. The number of aliphatic carboxylic acids is 1. The molecule has 3 rings (SSSR count). The minimum Gasteiger partial charge on any atom is -0.481 e. The Labute approximate surface area is 153 Å². The van der Waals surface area contributed by atoms with Gasteiger partial charge in [0.2, 0.25) is 5.79 Å². The molecule has 134 valence electrons. The summed E-state index contributed by atoms with van der Waals surface area (Å²) in [6, 6.07) is 19.0. The van der Waals surface area contributed by atoms with Crippen molar-refractivity contribution in [3.8, 4) is 0 Å². The fraction of sp³-hybridized carbons (Fsp3) is 0.227. The van der Waals surface area contributed by atoms with Gasteiger partial charge in [0.15, 0.2) is 0 Å². The van der Waals surface area contributed by atoms with Crippen LogP contribution in [0.4, 0.5) is 0 Å². The Hall–Kier alpha value is -2.69. The van der Waals surface area contributed by atoms with Gasteiger partial charge in [-0.3, -0.25) is 4.79 Å². The molecule has 1 aliphatic carbocycles. The third kappa shape index (κ3) is 3.62. The zero-order valence-electron chi connectivity index (χ0n) is 14.6. The minimum atomic E-state index is -1.88. The molecular formula is C22H22O4. The lowest BCUT2D eigenvalue weighted by Crippen LogP contribution is -2.45. The Bertz CT molecular complexity index is 824. The van der Waals surface area contributed by atoms with E-state index in [0.717, 1.165) is 16.7 Å². The molecule has 26 heavy (non-hydrogen) atoms. The average molecular weight is 350 g/mol. The SMILES string of the molecule is CCC1=C(c2ccccc2)C=CC(O)(OCc2ccccc2)C1C(=O)O. The second-order valence-electron chi connectivity index (χ2n) is 6.29. The van der Waals surface area contributed by atoms with Crippen molar-refractivity contribution in [2.45, 2.75) is 25.7 Å². The number of rotatable bonds is 6.